The van der Waals surface area contributed by atoms with E-state index in [2.05, 4.69) is 51.1 Å². The van der Waals surface area contributed by atoms with Crippen molar-refractivity contribution < 1.29 is 8.78 Å². The average Bonchev–Trinajstić information content (AvgIpc) is 3.03. The lowest BCUT2D eigenvalue weighted by Crippen LogP contribution is -2.25. The first-order chi connectivity index (χ1) is 14.3. The van der Waals surface area contributed by atoms with Crippen LogP contribution in [0.2, 0.25) is 0 Å². The molecule has 4 aromatic rings. The minimum atomic E-state index is -2.57. The Bertz CT molecular complexity index is 1270. The van der Waals surface area contributed by atoms with Crippen LogP contribution in [-0.2, 0) is 12.8 Å². The topological polar surface area (TPSA) is 12.9 Å². The molecule has 5 rings (SSSR count). The van der Waals surface area contributed by atoms with E-state index in [1.807, 2.05) is 18.3 Å². The van der Waals surface area contributed by atoms with Crippen LogP contribution in [0, 0.1) is 20.8 Å². The minimum Gasteiger partial charge on any atom is -0.255 e. The molecule has 4 heteroatoms. The fraction of sp³-hybridized carbons (Fsp3) is 0.269. The lowest BCUT2D eigenvalue weighted by Gasteiger charge is -2.24. The van der Waals surface area contributed by atoms with Crippen LogP contribution < -0.4 is 0 Å². The summed E-state index contributed by atoms with van der Waals surface area (Å²) < 4.78 is 28.7. The zero-order valence-corrected chi connectivity index (χ0v) is 18.2. The lowest BCUT2D eigenvalue weighted by atomic mass is 9.87. The number of aryl methyl sites for hydroxylation is 4. The molecule has 0 N–H and O–H groups in total. The number of nitrogens with zero attached hydrogens (tertiary/aromatic N) is 1. The van der Waals surface area contributed by atoms with Gasteiger partial charge < -0.3 is 0 Å². The Morgan fingerprint density at radius 2 is 1.67 bits per heavy atom. The van der Waals surface area contributed by atoms with Crippen LogP contribution in [0.5, 0.6) is 0 Å². The molecule has 0 saturated carbocycles. The number of hydrogen-bond donors (Lipinski definition) is 0. The number of fused-ring (bicyclic) bond motifs is 2. The van der Waals surface area contributed by atoms with Crippen molar-refractivity contribution >= 4 is 21.4 Å². The van der Waals surface area contributed by atoms with Gasteiger partial charge in [-0.15, -0.1) is 11.3 Å². The van der Waals surface area contributed by atoms with E-state index in [1.165, 1.54) is 31.7 Å². The molecule has 1 aliphatic carbocycles. The second-order valence-corrected chi connectivity index (χ2v) is 9.51. The third-order valence-electron chi connectivity index (χ3n) is 6.03. The number of benzene rings is 2. The summed E-state index contributed by atoms with van der Waals surface area (Å²) in [5.74, 6) is -2.57. The highest BCUT2D eigenvalue weighted by Gasteiger charge is 2.34. The van der Waals surface area contributed by atoms with E-state index in [1.54, 1.807) is 11.3 Å². The van der Waals surface area contributed by atoms with Crippen molar-refractivity contribution in [1.82, 2.24) is 4.98 Å². The van der Waals surface area contributed by atoms with Gasteiger partial charge in [0.25, 0.3) is 5.92 Å². The van der Waals surface area contributed by atoms with Crippen LogP contribution in [-0.4, -0.2) is 10.9 Å². The van der Waals surface area contributed by atoms with Gasteiger partial charge in [0.05, 0.1) is 10.4 Å². The molecule has 2 aromatic carbocycles. The maximum Gasteiger partial charge on any atom is 0.252 e. The normalized spacial score (nSPS) is 15.4. The number of aromatic nitrogens is 1. The zero-order chi connectivity index (χ0) is 21.0. The van der Waals surface area contributed by atoms with E-state index < -0.39 is 5.92 Å². The van der Waals surface area contributed by atoms with E-state index in [-0.39, 0.29) is 12.8 Å². The van der Waals surface area contributed by atoms with Gasteiger partial charge in [-0.1, -0.05) is 35.4 Å². The van der Waals surface area contributed by atoms with Crippen molar-refractivity contribution in [3.05, 3.63) is 76.5 Å². The summed E-state index contributed by atoms with van der Waals surface area (Å²) in [5, 5.41) is 1.21. The molecule has 0 unspecified atom stereocenters. The summed E-state index contributed by atoms with van der Waals surface area (Å²) in [7, 11) is 0. The summed E-state index contributed by atoms with van der Waals surface area (Å²) in [5.41, 5.74) is 8.78. The Morgan fingerprint density at radius 1 is 0.900 bits per heavy atom. The lowest BCUT2D eigenvalue weighted by molar-refractivity contribution is -0.0122. The highest BCUT2D eigenvalue weighted by molar-refractivity contribution is 7.23. The number of rotatable bonds is 2. The number of alkyl halides is 2. The van der Waals surface area contributed by atoms with Crippen molar-refractivity contribution in [2.75, 3.05) is 0 Å². The van der Waals surface area contributed by atoms with E-state index in [9.17, 15) is 8.78 Å². The third kappa shape index (κ3) is 3.33. The van der Waals surface area contributed by atoms with Crippen LogP contribution in [0.25, 0.3) is 31.8 Å². The Hall–Kier alpha value is -2.59. The second kappa shape index (κ2) is 6.98. The van der Waals surface area contributed by atoms with Gasteiger partial charge in [0.1, 0.15) is 0 Å². The Morgan fingerprint density at radius 3 is 2.43 bits per heavy atom. The number of thiophene rings is 1. The first-order valence-electron chi connectivity index (χ1n) is 10.3. The molecule has 0 amide bonds. The van der Waals surface area contributed by atoms with Crippen LogP contribution in [0.1, 0.15) is 34.2 Å². The molecule has 0 atom stereocenters. The van der Waals surface area contributed by atoms with Crippen LogP contribution >= 0.6 is 11.3 Å². The van der Waals surface area contributed by atoms with Crippen molar-refractivity contribution in [3.8, 4) is 21.7 Å². The Balaban J connectivity index is 1.64. The Labute approximate surface area is 179 Å². The maximum absolute atomic E-state index is 13.8. The molecular formula is C26H23F2NS. The fourth-order valence-corrected chi connectivity index (χ4v) is 5.91. The Kier molecular flexibility index (Phi) is 4.51. The standard InChI is InChI=1S/C26H23F2NS/c1-15-10-16(2)12-21(11-15)23-25-22(7-9-29-23)17(3)24(30-25)19-4-5-20-14-26(27,28)8-6-18(20)13-19/h4-5,7,9-13H,6,8,14H2,1-3H3. The molecule has 152 valence electrons. The number of halogens is 2. The molecule has 1 aliphatic rings. The fourth-order valence-electron chi connectivity index (χ4n) is 4.60. The first kappa shape index (κ1) is 19.4. The van der Waals surface area contributed by atoms with Crippen molar-refractivity contribution in [2.45, 2.75) is 46.0 Å². The van der Waals surface area contributed by atoms with Crippen LogP contribution in [0.4, 0.5) is 8.78 Å². The largest absolute Gasteiger partial charge is 0.255 e. The van der Waals surface area contributed by atoms with Gasteiger partial charge in [-0.05, 0) is 73.0 Å². The van der Waals surface area contributed by atoms with E-state index in [0.29, 0.717) is 6.42 Å². The van der Waals surface area contributed by atoms with Gasteiger partial charge in [0.15, 0.2) is 0 Å². The average molecular weight is 420 g/mol. The van der Waals surface area contributed by atoms with Crippen molar-refractivity contribution in [2.24, 2.45) is 0 Å². The smallest absolute Gasteiger partial charge is 0.252 e. The minimum absolute atomic E-state index is 0.0599. The second-order valence-electron chi connectivity index (χ2n) is 8.49. The summed E-state index contributed by atoms with van der Waals surface area (Å²) in [4.78, 5) is 5.92. The molecule has 0 saturated heterocycles. The van der Waals surface area contributed by atoms with Crippen molar-refractivity contribution in [1.29, 1.82) is 0 Å². The summed E-state index contributed by atoms with van der Waals surface area (Å²) in [6.07, 6.45) is 2.12. The first-order valence-corrected chi connectivity index (χ1v) is 11.1. The quantitative estimate of drug-likeness (QED) is 0.325. The van der Waals surface area contributed by atoms with Gasteiger partial charge >= 0.3 is 0 Å². The van der Waals surface area contributed by atoms with Crippen molar-refractivity contribution in [3.63, 3.8) is 0 Å². The molecule has 2 heterocycles. The van der Waals surface area contributed by atoms with Gasteiger partial charge in [-0.2, -0.15) is 0 Å². The molecule has 30 heavy (non-hydrogen) atoms. The van der Waals surface area contributed by atoms with Gasteiger partial charge in [-0.25, -0.2) is 8.78 Å². The highest BCUT2D eigenvalue weighted by atomic mass is 32.1. The molecule has 0 fully saturated rings. The zero-order valence-electron chi connectivity index (χ0n) is 17.4. The molecule has 0 radical (unpaired) electrons. The molecule has 1 nitrogen and oxygen atoms in total. The van der Waals surface area contributed by atoms with E-state index in [0.717, 1.165) is 27.9 Å². The molecule has 0 bridgehead atoms. The van der Waals surface area contributed by atoms with Crippen LogP contribution in [0.3, 0.4) is 0 Å². The maximum atomic E-state index is 13.8. The van der Waals surface area contributed by atoms with Gasteiger partial charge in [0, 0.05) is 29.5 Å². The van der Waals surface area contributed by atoms with E-state index >= 15 is 0 Å². The van der Waals surface area contributed by atoms with E-state index in [4.69, 9.17) is 4.98 Å². The van der Waals surface area contributed by atoms with Gasteiger partial charge in [-0.3, -0.25) is 4.98 Å². The predicted molar refractivity (Wildman–Crippen MR) is 122 cm³/mol. The monoisotopic (exact) mass is 419 g/mol. The molecule has 2 aromatic heterocycles. The SMILES string of the molecule is Cc1cc(C)cc(-c2nccc3c(C)c(-c4ccc5c(c4)CCC(F)(F)C5)sc23)c1. The number of pyridine rings is 1. The summed E-state index contributed by atoms with van der Waals surface area (Å²) >= 11 is 1.75. The number of hydrogen-bond acceptors (Lipinski definition) is 2. The molecule has 0 aliphatic heterocycles. The molecule has 0 spiro atoms. The third-order valence-corrected chi connectivity index (χ3v) is 7.39. The predicted octanol–water partition coefficient (Wildman–Crippen LogP) is 7.68. The van der Waals surface area contributed by atoms with Crippen LogP contribution in [0.15, 0.2) is 48.7 Å². The highest BCUT2D eigenvalue weighted by Crippen LogP contribution is 2.43. The van der Waals surface area contributed by atoms with Gasteiger partial charge in [0.2, 0.25) is 0 Å². The molecular weight excluding hydrogens is 396 g/mol. The summed E-state index contributed by atoms with van der Waals surface area (Å²) in [6, 6.07) is 14.6. The summed E-state index contributed by atoms with van der Waals surface area (Å²) in [6.45, 7) is 6.36.